The number of rotatable bonds is 6. The van der Waals surface area contributed by atoms with Crippen LogP contribution in [0.5, 0.6) is 5.75 Å². The second-order valence-corrected chi connectivity index (χ2v) is 7.95. The number of sulfonamides is 1. The molecule has 0 radical (unpaired) electrons. The Morgan fingerprint density at radius 1 is 0.966 bits per heavy atom. The first-order valence-electron chi connectivity index (χ1n) is 8.40. The first-order chi connectivity index (χ1) is 13.8. The molecule has 8 nitrogen and oxygen atoms in total. The number of nitro benzene ring substituents is 1. The molecule has 0 atom stereocenters. The quantitative estimate of drug-likeness (QED) is 0.265. The molecule has 0 unspecified atom stereocenters. The summed E-state index contributed by atoms with van der Waals surface area (Å²) in [5.74, 6) is -0.581. The molecule has 0 saturated carbocycles. The number of carbonyl (C=O) groups is 1. The van der Waals surface area contributed by atoms with Crippen molar-refractivity contribution in [2.75, 3.05) is 11.4 Å². The third-order valence-corrected chi connectivity index (χ3v) is 5.90. The number of non-ortho nitro benzene ring substituents is 1. The molecular weight excluding hydrogens is 396 g/mol. The molecule has 0 aliphatic carbocycles. The molecule has 0 fully saturated rings. The van der Waals surface area contributed by atoms with E-state index in [9.17, 15) is 23.3 Å². The lowest BCUT2D eigenvalue weighted by molar-refractivity contribution is -0.384. The van der Waals surface area contributed by atoms with E-state index < -0.39 is 20.9 Å². The molecule has 9 heteroatoms. The number of anilines is 1. The van der Waals surface area contributed by atoms with Gasteiger partial charge in [0.15, 0.2) is 0 Å². The Kier molecular flexibility index (Phi) is 5.60. The molecule has 3 aromatic carbocycles. The van der Waals surface area contributed by atoms with Crippen molar-refractivity contribution in [1.29, 1.82) is 0 Å². The molecule has 0 bridgehead atoms. The van der Waals surface area contributed by atoms with Gasteiger partial charge in [0.25, 0.3) is 15.7 Å². The predicted octanol–water partition coefficient (Wildman–Crippen LogP) is 3.64. The van der Waals surface area contributed by atoms with Crippen LogP contribution in [-0.4, -0.2) is 26.4 Å². The van der Waals surface area contributed by atoms with Gasteiger partial charge < -0.3 is 4.74 Å². The first kappa shape index (κ1) is 20.0. The molecule has 0 aliphatic heterocycles. The predicted molar refractivity (Wildman–Crippen MR) is 107 cm³/mol. The Morgan fingerprint density at radius 3 is 2.24 bits per heavy atom. The van der Waals surface area contributed by atoms with Crippen LogP contribution in [0.2, 0.25) is 0 Å². The minimum atomic E-state index is -3.72. The van der Waals surface area contributed by atoms with Gasteiger partial charge in [0.2, 0.25) is 0 Å². The Balaban J connectivity index is 1.76. The van der Waals surface area contributed by atoms with Crippen LogP contribution in [0.1, 0.15) is 10.4 Å². The molecule has 0 aromatic heterocycles. The summed E-state index contributed by atoms with van der Waals surface area (Å²) in [4.78, 5) is 22.6. The summed E-state index contributed by atoms with van der Waals surface area (Å²) >= 11 is 0. The van der Waals surface area contributed by atoms with E-state index in [2.05, 4.69) is 0 Å². The van der Waals surface area contributed by atoms with Crippen molar-refractivity contribution < 1.29 is 22.9 Å². The third-order valence-electron chi connectivity index (χ3n) is 4.11. The van der Waals surface area contributed by atoms with Gasteiger partial charge in [-0.1, -0.05) is 24.3 Å². The second kappa shape index (κ2) is 8.11. The van der Waals surface area contributed by atoms with Gasteiger partial charge in [-0.3, -0.25) is 14.4 Å². The van der Waals surface area contributed by atoms with Crippen molar-refractivity contribution in [2.24, 2.45) is 0 Å². The molecule has 148 valence electrons. The number of benzene rings is 3. The molecule has 0 spiro atoms. The molecule has 0 saturated heterocycles. The highest BCUT2D eigenvalue weighted by molar-refractivity contribution is 7.92. The highest BCUT2D eigenvalue weighted by atomic mass is 32.2. The fourth-order valence-corrected chi connectivity index (χ4v) is 3.74. The lowest BCUT2D eigenvalue weighted by Gasteiger charge is -2.19. The van der Waals surface area contributed by atoms with Crippen LogP contribution in [0, 0.1) is 10.1 Å². The number of nitrogens with zero attached hydrogens (tertiary/aromatic N) is 2. The Bertz CT molecular complexity index is 1150. The minimum Gasteiger partial charge on any atom is -0.423 e. The van der Waals surface area contributed by atoms with Gasteiger partial charge in [0.1, 0.15) is 5.75 Å². The SMILES string of the molecule is CN(c1ccc(OC(=O)c2cccc([N+](=O)[O-])c2)cc1)S(=O)(=O)c1ccccc1. The van der Waals surface area contributed by atoms with Crippen molar-refractivity contribution in [3.05, 3.63) is 94.5 Å². The molecular formula is C20H16N2O6S. The summed E-state index contributed by atoms with van der Waals surface area (Å²) in [6.07, 6.45) is 0. The fourth-order valence-electron chi connectivity index (χ4n) is 2.53. The second-order valence-electron chi connectivity index (χ2n) is 5.98. The maximum absolute atomic E-state index is 12.7. The van der Waals surface area contributed by atoms with Crippen LogP contribution in [-0.2, 0) is 10.0 Å². The molecule has 0 N–H and O–H groups in total. The topological polar surface area (TPSA) is 107 Å². The van der Waals surface area contributed by atoms with E-state index in [1.807, 2.05) is 0 Å². The van der Waals surface area contributed by atoms with Crippen molar-refractivity contribution in [3.8, 4) is 5.75 Å². The van der Waals surface area contributed by atoms with Crippen LogP contribution in [0.15, 0.2) is 83.8 Å². The maximum Gasteiger partial charge on any atom is 0.343 e. The summed E-state index contributed by atoms with van der Waals surface area (Å²) in [6, 6.07) is 19.1. The molecule has 0 heterocycles. The Hall–Kier alpha value is -3.72. The lowest BCUT2D eigenvalue weighted by atomic mass is 10.2. The molecule has 29 heavy (non-hydrogen) atoms. The van der Waals surface area contributed by atoms with Gasteiger partial charge in [-0.25, -0.2) is 13.2 Å². The summed E-state index contributed by atoms with van der Waals surface area (Å²) in [6.45, 7) is 0. The average Bonchev–Trinajstić information content (AvgIpc) is 2.74. The van der Waals surface area contributed by atoms with Crippen molar-refractivity contribution in [2.45, 2.75) is 4.90 Å². The van der Waals surface area contributed by atoms with E-state index in [0.29, 0.717) is 5.69 Å². The summed E-state index contributed by atoms with van der Waals surface area (Å²) in [5, 5.41) is 10.8. The zero-order chi connectivity index (χ0) is 21.0. The molecule has 0 amide bonds. The highest BCUT2D eigenvalue weighted by Crippen LogP contribution is 2.25. The van der Waals surface area contributed by atoms with Gasteiger partial charge in [-0.2, -0.15) is 0 Å². The van der Waals surface area contributed by atoms with Crippen molar-refractivity contribution in [1.82, 2.24) is 0 Å². The van der Waals surface area contributed by atoms with Crippen LogP contribution >= 0.6 is 0 Å². The monoisotopic (exact) mass is 412 g/mol. The normalized spacial score (nSPS) is 10.9. The minimum absolute atomic E-state index is 0.0343. The number of ether oxygens (including phenoxy) is 1. The van der Waals surface area contributed by atoms with E-state index in [1.165, 1.54) is 61.6 Å². The van der Waals surface area contributed by atoms with E-state index >= 15 is 0 Å². The molecule has 0 aliphatic rings. The number of hydrogen-bond acceptors (Lipinski definition) is 6. The smallest absolute Gasteiger partial charge is 0.343 e. The van der Waals surface area contributed by atoms with E-state index in [-0.39, 0.29) is 21.9 Å². The average molecular weight is 412 g/mol. The molecule has 3 aromatic rings. The number of esters is 1. The fraction of sp³-hybridized carbons (Fsp3) is 0.0500. The number of nitro groups is 1. The van der Waals surface area contributed by atoms with Gasteiger partial charge in [0.05, 0.1) is 21.1 Å². The zero-order valence-corrected chi connectivity index (χ0v) is 16.1. The standard InChI is InChI=1S/C20H16N2O6S/c1-21(29(26,27)19-8-3-2-4-9-19)16-10-12-18(13-11-16)28-20(23)15-6-5-7-17(14-15)22(24)25/h2-14H,1H3. The van der Waals surface area contributed by atoms with Crippen LogP contribution in [0.4, 0.5) is 11.4 Å². The molecule has 3 rings (SSSR count). The van der Waals surface area contributed by atoms with Crippen LogP contribution in [0.3, 0.4) is 0 Å². The van der Waals surface area contributed by atoms with Gasteiger partial charge >= 0.3 is 5.97 Å². The zero-order valence-electron chi connectivity index (χ0n) is 15.3. The van der Waals surface area contributed by atoms with Crippen molar-refractivity contribution in [3.63, 3.8) is 0 Å². The van der Waals surface area contributed by atoms with Gasteiger partial charge in [-0.05, 0) is 42.5 Å². The van der Waals surface area contributed by atoms with Crippen molar-refractivity contribution >= 4 is 27.4 Å². The number of carbonyl (C=O) groups excluding carboxylic acids is 1. The highest BCUT2D eigenvalue weighted by Gasteiger charge is 2.21. The first-order valence-corrected chi connectivity index (χ1v) is 9.84. The summed E-state index contributed by atoms with van der Waals surface area (Å²) in [7, 11) is -2.30. The van der Waals surface area contributed by atoms with E-state index in [4.69, 9.17) is 4.74 Å². The van der Waals surface area contributed by atoms with Crippen LogP contribution in [0.25, 0.3) is 0 Å². The van der Waals surface area contributed by atoms with Crippen LogP contribution < -0.4 is 9.04 Å². The van der Waals surface area contributed by atoms with E-state index in [1.54, 1.807) is 18.2 Å². The lowest BCUT2D eigenvalue weighted by Crippen LogP contribution is -2.26. The summed E-state index contributed by atoms with van der Waals surface area (Å²) in [5.41, 5.74) is 0.193. The van der Waals surface area contributed by atoms with Gasteiger partial charge in [0, 0.05) is 19.2 Å². The largest absolute Gasteiger partial charge is 0.423 e. The van der Waals surface area contributed by atoms with E-state index in [0.717, 1.165) is 10.4 Å². The summed E-state index contributed by atoms with van der Waals surface area (Å²) < 4.78 is 31.6. The maximum atomic E-state index is 12.7. The van der Waals surface area contributed by atoms with Gasteiger partial charge in [-0.15, -0.1) is 0 Å². The number of hydrogen-bond donors (Lipinski definition) is 0. The Morgan fingerprint density at radius 2 is 1.62 bits per heavy atom. The third kappa shape index (κ3) is 4.41. The Labute approximate surface area is 167 Å².